The number of carbonyl (C=O) groups is 1. The van der Waals surface area contributed by atoms with Gasteiger partial charge in [-0.05, 0) is 32.0 Å². The van der Waals surface area contributed by atoms with Gasteiger partial charge < -0.3 is 0 Å². The zero-order valence-corrected chi connectivity index (χ0v) is 9.10. The van der Waals surface area contributed by atoms with Crippen molar-refractivity contribution in [1.29, 1.82) is 5.26 Å². The van der Waals surface area contributed by atoms with E-state index in [1.54, 1.807) is 0 Å². The van der Waals surface area contributed by atoms with Gasteiger partial charge in [-0.15, -0.1) is 0 Å². The maximum Gasteiger partial charge on any atom is 0.185 e. The molecule has 2 nitrogen and oxygen atoms in total. The Hall–Kier alpha value is -1.40. The molecule has 15 heavy (non-hydrogen) atoms. The molecule has 0 heterocycles. The van der Waals surface area contributed by atoms with Crippen molar-refractivity contribution < 1.29 is 9.18 Å². The first-order chi connectivity index (χ1) is 6.88. The van der Waals surface area contributed by atoms with Gasteiger partial charge in [-0.25, -0.2) is 4.39 Å². The Morgan fingerprint density at radius 3 is 2.67 bits per heavy atom. The number of hydrogen-bond acceptors (Lipinski definition) is 2. The van der Waals surface area contributed by atoms with Crippen molar-refractivity contribution in [2.75, 3.05) is 0 Å². The average molecular weight is 226 g/mol. The van der Waals surface area contributed by atoms with E-state index in [9.17, 15) is 9.18 Å². The SMILES string of the molecule is CC(C)(C#N)C(=O)c1cc(Cl)ccc1F. The topological polar surface area (TPSA) is 40.9 Å². The largest absolute Gasteiger partial charge is 0.292 e. The van der Waals surface area contributed by atoms with Crippen LogP contribution in [0.25, 0.3) is 0 Å². The van der Waals surface area contributed by atoms with Crippen molar-refractivity contribution in [3.05, 3.63) is 34.6 Å². The van der Waals surface area contributed by atoms with Crippen molar-refractivity contribution in [2.45, 2.75) is 13.8 Å². The van der Waals surface area contributed by atoms with Crippen LogP contribution in [0, 0.1) is 22.6 Å². The molecular formula is C11H9ClFNO. The molecule has 78 valence electrons. The molecule has 0 N–H and O–H groups in total. The average Bonchev–Trinajstić information content (AvgIpc) is 2.20. The number of hydrogen-bond donors (Lipinski definition) is 0. The quantitative estimate of drug-likeness (QED) is 0.726. The highest BCUT2D eigenvalue weighted by molar-refractivity contribution is 6.31. The van der Waals surface area contributed by atoms with Gasteiger partial charge in [0.25, 0.3) is 0 Å². The molecule has 0 unspecified atom stereocenters. The van der Waals surface area contributed by atoms with Gasteiger partial charge in [0.2, 0.25) is 0 Å². The number of benzene rings is 1. The molecule has 0 fully saturated rings. The third-order valence-electron chi connectivity index (χ3n) is 2.02. The van der Waals surface area contributed by atoms with Crippen LogP contribution in [0.2, 0.25) is 5.02 Å². The van der Waals surface area contributed by atoms with E-state index >= 15 is 0 Å². The normalized spacial score (nSPS) is 10.9. The lowest BCUT2D eigenvalue weighted by Gasteiger charge is -2.14. The van der Waals surface area contributed by atoms with Gasteiger partial charge in [0.15, 0.2) is 5.78 Å². The van der Waals surface area contributed by atoms with Crippen LogP contribution in [0.1, 0.15) is 24.2 Å². The van der Waals surface area contributed by atoms with Crippen molar-refractivity contribution in [1.82, 2.24) is 0 Å². The van der Waals surface area contributed by atoms with Gasteiger partial charge in [0.05, 0.1) is 11.6 Å². The van der Waals surface area contributed by atoms with E-state index in [4.69, 9.17) is 16.9 Å². The van der Waals surface area contributed by atoms with Crippen LogP contribution in [0.15, 0.2) is 18.2 Å². The molecule has 0 aliphatic rings. The molecule has 1 aromatic rings. The number of carbonyl (C=O) groups excluding carboxylic acids is 1. The maximum absolute atomic E-state index is 13.3. The van der Waals surface area contributed by atoms with Gasteiger partial charge in [0, 0.05) is 5.02 Å². The van der Waals surface area contributed by atoms with E-state index in [2.05, 4.69) is 0 Å². The Kier molecular flexibility index (Phi) is 3.11. The van der Waals surface area contributed by atoms with E-state index in [0.717, 1.165) is 6.07 Å². The fourth-order valence-corrected chi connectivity index (χ4v) is 1.23. The second-order valence-electron chi connectivity index (χ2n) is 3.69. The molecule has 0 spiro atoms. The highest BCUT2D eigenvalue weighted by Crippen LogP contribution is 2.24. The smallest absolute Gasteiger partial charge is 0.185 e. The molecule has 0 saturated carbocycles. The molecule has 0 aromatic heterocycles. The summed E-state index contributed by atoms with van der Waals surface area (Å²) in [4.78, 5) is 11.7. The second kappa shape index (κ2) is 4.00. The predicted molar refractivity (Wildman–Crippen MR) is 55.1 cm³/mol. The summed E-state index contributed by atoms with van der Waals surface area (Å²) in [6, 6.07) is 5.53. The summed E-state index contributed by atoms with van der Waals surface area (Å²) in [5.41, 5.74) is -1.39. The highest BCUT2D eigenvalue weighted by Gasteiger charge is 2.30. The van der Waals surface area contributed by atoms with Crippen molar-refractivity contribution in [3.8, 4) is 6.07 Å². The summed E-state index contributed by atoms with van der Waals surface area (Å²) in [5.74, 6) is -1.22. The first-order valence-electron chi connectivity index (χ1n) is 4.29. The van der Waals surface area contributed by atoms with Crippen LogP contribution in [0.3, 0.4) is 0 Å². The number of Topliss-reactive ketones (excluding diaryl/α,β-unsaturated/α-hetero) is 1. The Morgan fingerprint density at radius 1 is 1.53 bits per heavy atom. The van der Waals surface area contributed by atoms with Gasteiger partial charge in [-0.1, -0.05) is 11.6 Å². The molecule has 1 aromatic carbocycles. The van der Waals surface area contributed by atoms with E-state index < -0.39 is 17.0 Å². The zero-order chi connectivity index (χ0) is 11.6. The molecule has 0 aliphatic heterocycles. The Morgan fingerprint density at radius 2 is 2.13 bits per heavy atom. The minimum atomic E-state index is -1.24. The fourth-order valence-electron chi connectivity index (χ4n) is 1.06. The zero-order valence-electron chi connectivity index (χ0n) is 8.34. The van der Waals surface area contributed by atoms with E-state index in [0.29, 0.717) is 0 Å². The monoisotopic (exact) mass is 225 g/mol. The van der Waals surface area contributed by atoms with E-state index in [1.165, 1.54) is 26.0 Å². The van der Waals surface area contributed by atoms with Gasteiger partial charge in [-0.3, -0.25) is 4.79 Å². The molecule has 0 radical (unpaired) electrons. The van der Waals surface area contributed by atoms with Crippen LogP contribution < -0.4 is 0 Å². The van der Waals surface area contributed by atoms with Crippen LogP contribution >= 0.6 is 11.6 Å². The Labute approximate surface area is 92.3 Å². The van der Waals surface area contributed by atoms with Crippen LogP contribution in [-0.4, -0.2) is 5.78 Å². The third kappa shape index (κ3) is 2.34. The summed E-state index contributed by atoms with van der Waals surface area (Å²) in [6.07, 6.45) is 0. The molecule has 0 bridgehead atoms. The number of rotatable bonds is 2. The molecule has 0 atom stereocenters. The lowest BCUT2D eigenvalue weighted by molar-refractivity contribution is 0.0887. The predicted octanol–water partition coefficient (Wildman–Crippen LogP) is 3.21. The van der Waals surface area contributed by atoms with Gasteiger partial charge >= 0.3 is 0 Å². The van der Waals surface area contributed by atoms with E-state index in [-0.39, 0.29) is 10.6 Å². The number of halogens is 2. The first kappa shape index (κ1) is 11.7. The maximum atomic E-state index is 13.3. The minimum Gasteiger partial charge on any atom is -0.292 e. The summed E-state index contributed by atoms with van der Waals surface area (Å²) in [7, 11) is 0. The molecular weight excluding hydrogens is 217 g/mol. The minimum absolute atomic E-state index is 0.144. The van der Waals surface area contributed by atoms with Crippen LogP contribution in [-0.2, 0) is 0 Å². The number of ketones is 1. The molecule has 0 amide bonds. The van der Waals surface area contributed by atoms with Crippen molar-refractivity contribution in [3.63, 3.8) is 0 Å². The molecule has 0 saturated heterocycles. The molecule has 1 rings (SSSR count). The van der Waals surface area contributed by atoms with Crippen molar-refractivity contribution in [2.24, 2.45) is 5.41 Å². The third-order valence-corrected chi connectivity index (χ3v) is 2.26. The molecule has 4 heteroatoms. The van der Waals surface area contributed by atoms with Crippen LogP contribution in [0.5, 0.6) is 0 Å². The first-order valence-corrected chi connectivity index (χ1v) is 4.67. The van der Waals surface area contributed by atoms with Gasteiger partial charge in [0.1, 0.15) is 11.2 Å². The Balaban J connectivity index is 3.24. The lowest BCUT2D eigenvalue weighted by Crippen LogP contribution is -2.23. The summed E-state index contributed by atoms with van der Waals surface area (Å²) < 4.78 is 13.3. The highest BCUT2D eigenvalue weighted by atomic mass is 35.5. The molecule has 0 aliphatic carbocycles. The summed E-state index contributed by atoms with van der Waals surface area (Å²) in [5, 5.41) is 9.03. The fraction of sp³-hybridized carbons (Fsp3) is 0.273. The Bertz CT molecular complexity index is 448. The van der Waals surface area contributed by atoms with E-state index in [1.807, 2.05) is 6.07 Å². The lowest BCUT2D eigenvalue weighted by atomic mass is 9.86. The van der Waals surface area contributed by atoms with Gasteiger partial charge in [-0.2, -0.15) is 5.26 Å². The summed E-state index contributed by atoms with van der Waals surface area (Å²) in [6.45, 7) is 2.88. The van der Waals surface area contributed by atoms with Crippen molar-refractivity contribution >= 4 is 17.4 Å². The standard InChI is InChI=1S/C11H9ClFNO/c1-11(2,6-14)10(15)8-5-7(12)3-4-9(8)13/h3-5H,1-2H3. The van der Waals surface area contributed by atoms with Crippen LogP contribution in [0.4, 0.5) is 4.39 Å². The summed E-state index contributed by atoms with van der Waals surface area (Å²) >= 11 is 5.65. The number of nitrogens with zero attached hydrogens (tertiary/aromatic N) is 1. The second-order valence-corrected chi connectivity index (χ2v) is 4.13. The number of nitriles is 1.